The lowest BCUT2D eigenvalue weighted by molar-refractivity contribution is 0.0696. The lowest BCUT2D eigenvalue weighted by Gasteiger charge is -2.30. The summed E-state index contributed by atoms with van der Waals surface area (Å²) in [5.41, 5.74) is 2.18. The molecule has 1 aliphatic carbocycles. The van der Waals surface area contributed by atoms with Gasteiger partial charge in [-0.1, -0.05) is 25.0 Å². The molecule has 0 aliphatic heterocycles. The lowest BCUT2D eigenvalue weighted by Crippen LogP contribution is -2.35. The summed E-state index contributed by atoms with van der Waals surface area (Å²) in [4.78, 5) is 22.8. The molecule has 1 heterocycles. The molecule has 1 aliphatic rings. The molecule has 6 heteroatoms. The summed E-state index contributed by atoms with van der Waals surface area (Å²) < 4.78 is 0. The van der Waals surface area contributed by atoms with Crippen molar-refractivity contribution in [2.24, 2.45) is 0 Å². The first kappa shape index (κ1) is 19.9. The van der Waals surface area contributed by atoms with Crippen molar-refractivity contribution in [3.63, 3.8) is 0 Å². The molecule has 0 spiro atoms. The maximum Gasteiger partial charge on any atom is 0.335 e. The number of hydrogen-bond acceptors (Lipinski definition) is 5. The Labute approximate surface area is 175 Å². The summed E-state index contributed by atoms with van der Waals surface area (Å²) >= 11 is 0. The van der Waals surface area contributed by atoms with Crippen LogP contribution in [0.1, 0.15) is 41.6 Å². The Bertz CT molecular complexity index is 1010. The maximum absolute atomic E-state index is 11.3. The molecule has 0 unspecified atom stereocenters. The molecule has 3 aromatic rings. The van der Waals surface area contributed by atoms with Crippen molar-refractivity contribution in [3.8, 4) is 17.1 Å². The van der Waals surface area contributed by atoms with Gasteiger partial charge in [-0.2, -0.15) is 0 Å². The van der Waals surface area contributed by atoms with E-state index < -0.39 is 5.97 Å². The number of carbonyl (C=O) groups is 1. The van der Waals surface area contributed by atoms with E-state index in [2.05, 4.69) is 9.88 Å². The number of aromatic carboxylic acids is 1. The van der Waals surface area contributed by atoms with Crippen LogP contribution in [0.25, 0.3) is 11.4 Å². The van der Waals surface area contributed by atoms with Gasteiger partial charge in [-0.3, -0.25) is 0 Å². The fraction of sp³-hybridized carbons (Fsp3) is 0.292. The number of carboxylic acid groups (broad SMARTS) is 1. The number of aromatic nitrogens is 2. The van der Waals surface area contributed by atoms with Crippen molar-refractivity contribution in [3.05, 3.63) is 71.9 Å². The van der Waals surface area contributed by atoms with Gasteiger partial charge in [-0.05, 0) is 67.3 Å². The zero-order valence-corrected chi connectivity index (χ0v) is 16.7. The van der Waals surface area contributed by atoms with Gasteiger partial charge in [0, 0.05) is 24.3 Å². The fourth-order valence-electron chi connectivity index (χ4n) is 4.07. The Morgan fingerprint density at radius 2 is 1.83 bits per heavy atom. The highest BCUT2D eigenvalue weighted by atomic mass is 16.4. The Morgan fingerprint density at radius 1 is 1.07 bits per heavy atom. The number of rotatable bonds is 7. The van der Waals surface area contributed by atoms with Crippen LogP contribution in [0.2, 0.25) is 0 Å². The van der Waals surface area contributed by atoms with Gasteiger partial charge in [-0.25, -0.2) is 14.8 Å². The van der Waals surface area contributed by atoms with E-state index in [1.807, 2.05) is 24.3 Å². The number of benzene rings is 2. The van der Waals surface area contributed by atoms with E-state index in [1.165, 1.54) is 12.8 Å². The highest BCUT2D eigenvalue weighted by Gasteiger charge is 2.24. The topological polar surface area (TPSA) is 86.5 Å². The van der Waals surface area contributed by atoms with E-state index in [4.69, 9.17) is 4.98 Å². The molecule has 30 heavy (non-hydrogen) atoms. The van der Waals surface area contributed by atoms with E-state index in [0.717, 1.165) is 42.8 Å². The third-order valence-electron chi connectivity index (χ3n) is 5.64. The molecule has 2 aromatic carbocycles. The maximum atomic E-state index is 11.3. The first-order valence-corrected chi connectivity index (χ1v) is 10.3. The highest BCUT2D eigenvalue weighted by Crippen LogP contribution is 2.29. The average Bonchev–Trinajstić information content (AvgIpc) is 3.29. The van der Waals surface area contributed by atoms with Crippen LogP contribution in [0, 0.1) is 0 Å². The number of anilines is 1. The molecule has 0 amide bonds. The molecule has 0 saturated heterocycles. The van der Waals surface area contributed by atoms with Gasteiger partial charge in [0.15, 0.2) is 5.82 Å². The zero-order chi connectivity index (χ0) is 20.9. The van der Waals surface area contributed by atoms with E-state index in [-0.39, 0.29) is 5.75 Å². The average molecular weight is 403 g/mol. The van der Waals surface area contributed by atoms with Gasteiger partial charge >= 0.3 is 5.97 Å². The van der Waals surface area contributed by atoms with Crippen molar-refractivity contribution in [2.75, 3.05) is 11.4 Å². The minimum absolute atomic E-state index is 0.214. The van der Waals surface area contributed by atoms with Crippen LogP contribution in [0.5, 0.6) is 5.75 Å². The van der Waals surface area contributed by atoms with E-state index in [9.17, 15) is 15.0 Å². The van der Waals surface area contributed by atoms with Crippen LogP contribution in [-0.2, 0) is 6.42 Å². The molecule has 1 fully saturated rings. The fourth-order valence-corrected chi connectivity index (χ4v) is 4.07. The van der Waals surface area contributed by atoms with Crippen molar-refractivity contribution in [1.29, 1.82) is 0 Å². The van der Waals surface area contributed by atoms with Gasteiger partial charge in [0.2, 0.25) is 0 Å². The van der Waals surface area contributed by atoms with Crippen molar-refractivity contribution < 1.29 is 15.0 Å². The summed E-state index contributed by atoms with van der Waals surface area (Å²) in [5, 5.41) is 18.8. The normalized spacial score (nSPS) is 14.0. The Morgan fingerprint density at radius 3 is 2.57 bits per heavy atom. The minimum atomic E-state index is -0.904. The van der Waals surface area contributed by atoms with Gasteiger partial charge in [-0.15, -0.1) is 0 Å². The summed E-state index contributed by atoms with van der Waals surface area (Å²) in [6, 6.07) is 16.4. The van der Waals surface area contributed by atoms with E-state index in [1.54, 1.807) is 36.5 Å². The van der Waals surface area contributed by atoms with Crippen LogP contribution in [-0.4, -0.2) is 38.7 Å². The van der Waals surface area contributed by atoms with Crippen LogP contribution in [0.3, 0.4) is 0 Å². The van der Waals surface area contributed by atoms with Crippen molar-refractivity contribution >= 4 is 11.8 Å². The molecule has 0 radical (unpaired) electrons. The highest BCUT2D eigenvalue weighted by molar-refractivity contribution is 5.87. The second-order valence-corrected chi connectivity index (χ2v) is 7.67. The molecule has 4 rings (SSSR count). The molecule has 154 valence electrons. The summed E-state index contributed by atoms with van der Waals surface area (Å²) in [5.74, 6) is 0.822. The predicted molar refractivity (Wildman–Crippen MR) is 116 cm³/mol. The van der Waals surface area contributed by atoms with Crippen LogP contribution < -0.4 is 4.90 Å². The standard InChI is InChI=1S/C24H25N3O3/c28-21-10-8-18(9-11-21)23-25-14-12-22(26-23)27(20-6-1-2-7-20)15-13-17-4-3-5-19(16-17)24(29)30/h3-5,8-12,14,16,20,28H,1-2,6-7,13,15H2,(H,29,30). The summed E-state index contributed by atoms with van der Waals surface area (Å²) in [6.07, 6.45) is 7.21. The van der Waals surface area contributed by atoms with E-state index in [0.29, 0.717) is 17.4 Å². The molecule has 6 nitrogen and oxygen atoms in total. The zero-order valence-electron chi connectivity index (χ0n) is 16.7. The van der Waals surface area contributed by atoms with Gasteiger partial charge < -0.3 is 15.1 Å². The molecule has 1 saturated carbocycles. The van der Waals surface area contributed by atoms with Gasteiger partial charge in [0.25, 0.3) is 0 Å². The first-order valence-electron chi connectivity index (χ1n) is 10.3. The third-order valence-corrected chi connectivity index (χ3v) is 5.64. The van der Waals surface area contributed by atoms with Crippen molar-refractivity contribution in [1.82, 2.24) is 9.97 Å². The van der Waals surface area contributed by atoms with Crippen molar-refractivity contribution in [2.45, 2.75) is 38.1 Å². The van der Waals surface area contributed by atoms with Gasteiger partial charge in [0.05, 0.1) is 5.56 Å². The molecule has 2 N–H and O–H groups in total. The van der Waals surface area contributed by atoms with Gasteiger partial charge in [0.1, 0.15) is 11.6 Å². The third kappa shape index (κ3) is 4.59. The summed E-state index contributed by atoms with van der Waals surface area (Å²) in [7, 11) is 0. The number of phenols is 1. The van der Waals surface area contributed by atoms with Crippen LogP contribution in [0.15, 0.2) is 60.8 Å². The predicted octanol–water partition coefficient (Wildman–Crippen LogP) is 4.54. The quantitative estimate of drug-likeness (QED) is 0.602. The molecular formula is C24H25N3O3. The van der Waals surface area contributed by atoms with Crippen LogP contribution >= 0.6 is 0 Å². The smallest absolute Gasteiger partial charge is 0.335 e. The Kier molecular flexibility index (Phi) is 5.93. The monoisotopic (exact) mass is 403 g/mol. The molecule has 1 aromatic heterocycles. The Hall–Kier alpha value is -3.41. The number of carboxylic acids is 1. The summed E-state index contributed by atoms with van der Waals surface area (Å²) in [6.45, 7) is 0.764. The Balaban J connectivity index is 1.58. The molecule has 0 bridgehead atoms. The lowest BCUT2D eigenvalue weighted by atomic mass is 10.1. The van der Waals surface area contributed by atoms with Crippen LogP contribution in [0.4, 0.5) is 5.82 Å². The molecular weight excluding hydrogens is 378 g/mol. The second-order valence-electron chi connectivity index (χ2n) is 7.67. The number of aromatic hydroxyl groups is 1. The number of phenolic OH excluding ortho intramolecular Hbond substituents is 1. The molecule has 0 atom stereocenters. The minimum Gasteiger partial charge on any atom is -0.508 e. The second kappa shape index (κ2) is 8.95. The van der Waals surface area contributed by atoms with E-state index >= 15 is 0 Å². The number of nitrogens with zero attached hydrogens (tertiary/aromatic N) is 3. The SMILES string of the molecule is O=C(O)c1cccc(CCN(c2ccnc(-c3ccc(O)cc3)n2)C2CCCC2)c1. The largest absolute Gasteiger partial charge is 0.508 e. The first-order chi connectivity index (χ1) is 14.6. The number of hydrogen-bond donors (Lipinski definition) is 2.